The first kappa shape index (κ1) is 12.9. The molecule has 8 nitrogen and oxygen atoms in total. The lowest BCUT2D eigenvalue weighted by Crippen LogP contribution is -2.33. The number of hydrogen-bond acceptors (Lipinski definition) is 6. The van der Waals surface area contributed by atoms with Crippen molar-refractivity contribution in [1.82, 2.24) is 15.4 Å². The van der Waals surface area contributed by atoms with Gasteiger partial charge in [0.25, 0.3) is 5.91 Å². The zero-order chi connectivity index (χ0) is 13.8. The van der Waals surface area contributed by atoms with E-state index in [1.807, 2.05) is 0 Å². The number of aromatic nitrogens is 2. The third kappa shape index (κ3) is 3.24. The molecule has 0 saturated heterocycles. The van der Waals surface area contributed by atoms with Gasteiger partial charge in [-0.2, -0.15) is 10.1 Å². The first-order chi connectivity index (χ1) is 9.08. The number of hydrazone groups is 1. The van der Waals surface area contributed by atoms with Gasteiger partial charge in [0.05, 0.1) is 7.11 Å². The van der Waals surface area contributed by atoms with E-state index in [1.165, 1.54) is 7.11 Å². The van der Waals surface area contributed by atoms with Gasteiger partial charge in [0.15, 0.2) is 0 Å². The van der Waals surface area contributed by atoms with Crippen LogP contribution in [0.1, 0.15) is 18.5 Å². The van der Waals surface area contributed by atoms with Crippen LogP contribution < -0.4 is 15.5 Å². The minimum atomic E-state index is -0.437. The molecule has 0 fully saturated rings. The summed E-state index contributed by atoms with van der Waals surface area (Å²) < 4.78 is 4.99. The third-order valence-corrected chi connectivity index (χ3v) is 2.43. The monoisotopic (exact) mass is 263 g/mol. The summed E-state index contributed by atoms with van der Waals surface area (Å²) in [4.78, 5) is 30.9. The van der Waals surface area contributed by atoms with Gasteiger partial charge in [-0.05, 0) is 6.92 Å². The molecule has 2 rings (SSSR count). The van der Waals surface area contributed by atoms with Gasteiger partial charge < -0.3 is 4.74 Å². The van der Waals surface area contributed by atoms with Crippen LogP contribution in [0.25, 0.3) is 0 Å². The summed E-state index contributed by atoms with van der Waals surface area (Å²) in [6.07, 6.45) is 0.533. The molecule has 8 heteroatoms. The molecule has 1 aromatic rings. The molecular weight excluding hydrogens is 250 g/mol. The zero-order valence-electron chi connectivity index (χ0n) is 10.6. The Morgan fingerprint density at radius 2 is 2.21 bits per heavy atom. The van der Waals surface area contributed by atoms with E-state index in [2.05, 4.69) is 25.8 Å². The molecule has 0 bridgehead atoms. The van der Waals surface area contributed by atoms with Crippen molar-refractivity contribution in [2.75, 3.05) is 12.4 Å². The van der Waals surface area contributed by atoms with Crippen LogP contribution in [0.5, 0.6) is 5.88 Å². The Bertz CT molecular complexity index is 555. The van der Waals surface area contributed by atoms with Crippen LogP contribution in [0, 0.1) is 6.92 Å². The second-order valence-corrected chi connectivity index (χ2v) is 3.92. The highest BCUT2D eigenvalue weighted by atomic mass is 16.5. The molecule has 2 N–H and O–H groups in total. The Balaban J connectivity index is 2.10. The van der Waals surface area contributed by atoms with E-state index in [4.69, 9.17) is 4.74 Å². The summed E-state index contributed by atoms with van der Waals surface area (Å²) in [5, 5.41) is 6.21. The minimum Gasteiger partial charge on any atom is -0.481 e. The van der Waals surface area contributed by atoms with E-state index in [-0.39, 0.29) is 24.0 Å². The Morgan fingerprint density at radius 3 is 2.84 bits per heavy atom. The molecule has 2 amide bonds. The highest BCUT2D eigenvalue weighted by Crippen LogP contribution is 2.11. The molecular formula is C11H13N5O3. The number of methoxy groups -OCH3 is 1. The topological polar surface area (TPSA) is 106 Å². The van der Waals surface area contributed by atoms with Crippen molar-refractivity contribution in [3.05, 3.63) is 11.8 Å². The van der Waals surface area contributed by atoms with Crippen molar-refractivity contribution < 1.29 is 14.3 Å². The summed E-state index contributed by atoms with van der Waals surface area (Å²) in [6, 6.07) is 1.65. The van der Waals surface area contributed by atoms with E-state index in [1.54, 1.807) is 13.0 Å². The van der Waals surface area contributed by atoms with Crippen molar-refractivity contribution >= 4 is 23.5 Å². The lowest BCUT2D eigenvalue weighted by molar-refractivity contribution is -0.121. The molecule has 0 unspecified atom stereocenters. The highest BCUT2D eigenvalue weighted by molar-refractivity contribution is 6.43. The van der Waals surface area contributed by atoms with Crippen LogP contribution in [0.4, 0.5) is 5.95 Å². The zero-order valence-corrected chi connectivity index (χ0v) is 10.6. The van der Waals surface area contributed by atoms with E-state index >= 15 is 0 Å². The summed E-state index contributed by atoms with van der Waals surface area (Å²) in [6.45, 7) is 1.76. The maximum Gasteiger partial charge on any atom is 0.274 e. The first-order valence-corrected chi connectivity index (χ1v) is 5.65. The predicted molar refractivity (Wildman–Crippen MR) is 66.8 cm³/mol. The van der Waals surface area contributed by atoms with E-state index < -0.39 is 5.91 Å². The normalized spacial score (nSPS) is 14.4. The van der Waals surface area contributed by atoms with Gasteiger partial charge in [-0.3, -0.25) is 14.9 Å². The maximum absolute atomic E-state index is 11.9. The van der Waals surface area contributed by atoms with Crippen molar-refractivity contribution in [1.29, 1.82) is 0 Å². The number of amides is 2. The Kier molecular flexibility index (Phi) is 3.69. The second kappa shape index (κ2) is 5.42. The largest absolute Gasteiger partial charge is 0.481 e. The fraction of sp³-hybridized carbons (Fsp3) is 0.364. The summed E-state index contributed by atoms with van der Waals surface area (Å²) in [5.41, 5.74) is 3.16. The number of nitrogens with one attached hydrogen (secondary N) is 2. The molecule has 0 aliphatic carbocycles. The number of rotatable bonds is 3. The predicted octanol–water partition coefficient (Wildman–Crippen LogP) is -0.00188. The summed E-state index contributed by atoms with van der Waals surface area (Å²) in [5.74, 6) is -0.138. The number of hydrogen-bond donors (Lipinski definition) is 2. The molecule has 0 aromatic carbocycles. The van der Waals surface area contributed by atoms with Gasteiger partial charge in [-0.1, -0.05) is 0 Å². The molecule has 2 heterocycles. The van der Waals surface area contributed by atoms with Crippen molar-refractivity contribution in [3.8, 4) is 5.88 Å². The van der Waals surface area contributed by atoms with Crippen molar-refractivity contribution in [3.63, 3.8) is 0 Å². The van der Waals surface area contributed by atoms with Gasteiger partial charge in [0.1, 0.15) is 5.71 Å². The van der Waals surface area contributed by atoms with Crippen LogP contribution >= 0.6 is 0 Å². The summed E-state index contributed by atoms with van der Waals surface area (Å²) >= 11 is 0. The fourth-order valence-electron chi connectivity index (χ4n) is 1.51. The Labute approximate surface area is 109 Å². The molecule has 1 aromatic heterocycles. The van der Waals surface area contributed by atoms with Crippen LogP contribution in [-0.4, -0.2) is 34.6 Å². The average molecular weight is 263 g/mol. The van der Waals surface area contributed by atoms with Crippen LogP contribution in [0.15, 0.2) is 11.2 Å². The van der Waals surface area contributed by atoms with Crippen LogP contribution in [0.2, 0.25) is 0 Å². The number of nitrogens with zero attached hydrogens (tertiary/aromatic N) is 3. The lowest BCUT2D eigenvalue weighted by Gasteiger charge is -2.11. The molecule has 0 radical (unpaired) electrons. The quantitative estimate of drug-likeness (QED) is 0.798. The van der Waals surface area contributed by atoms with Gasteiger partial charge in [-0.15, -0.1) is 0 Å². The van der Waals surface area contributed by atoms with Crippen LogP contribution in [-0.2, 0) is 9.59 Å². The number of aryl methyl sites for hydroxylation is 1. The van der Waals surface area contributed by atoms with Crippen molar-refractivity contribution in [2.24, 2.45) is 5.10 Å². The molecule has 0 saturated carbocycles. The number of carbonyl (C=O) groups is 2. The van der Waals surface area contributed by atoms with Gasteiger partial charge in [0.2, 0.25) is 17.7 Å². The maximum atomic E-state index is 11.9. The second-order valence-electron chi connectivity index (χ2n) is 3.92. The fourth-order valence-corrected chi connectivity index (χ4v) is 1.51. The third-order valence-electron chi connectivity index (χ3n) is 2.43. The number of anilines is 1. The Hall–Kier alpha value is -2.51. The van der Waals surface area contributed by atoms with Crippen molar-refractivity contribution in [2.45, 2.75) is 19.8 Å². The van der Waals surface area contributed by atoms with Gasteiger partial charge >= 0.3 is 0 Å². The number of ether oxygens (including phenoxy) is 1. The molecule has 0 atom stereocenters. The van der Waals surface area contributed by atoms with E-state index in [0.717, 1.165) is 0 Å². The highest BCUT2D eigenvalue weighted by Gasteiger charge is 2.19. The first-order valence-electron chi connectivity index (χ1n) is 5.65. The molecule has 1 aliphatic heterocycles. The van der Waals surface area contributed by atoms with Gasteiger partial charge in [0, 0.05) is 24.6 Å². The van der Waals surface area contributed by atoms with Gasteiger partial charge in [-0.25, -0.2) is 10.4 Å². The lowest BCUT2D eigenvalue weighted by atomic mass is 10.2. The minimum absolute atomic E-state index is 0.140. The molecule has 100 valence electrons. The van der Waals surface area contributed by atoms with E-state index in [9.17, 15) is 9.59 Å². The standard InChI is InChI=1S/C11H13N5O3/c1-6-5-9(19-2)13-11(12-6)14-10(18)7-3-4-8(17)16-15-7/h5H,3-4H2,1-2H3,(H,16,17)(H,12,13,14,18). The SMILES string of the molecule is COc1cc(C)nc(NC(=O)C2=NNC(=O)CC2)n1. The average Bonchev–Trinajstić information content (AvgIpc) is 2.38. The number of carbonyl (C=O) groups excluding carboxylic acids is 2. The van der Waals surface area contributed by atoms with Crippen LogP contribution in [0.3, 0.4) is 0 Å². The Morgan fingerprint density at radius 1 is 1.42 bits per heavy atom. The molecule has 1 aliphatic rings. The molecule has 0 spiro atoms. The van der Waals surface area contributed by atoms with E-state index in [0.29, 0.717) is 18.0 Å². The molecule has 19 heavy (non-hydrogen) atoms. The summed E-state index contributed by atoms with van der Waals surface area (Å²) in [7, 11) is 1.48. The smallest absolute Gasteiger partial charge is 0.274 e.